The molecule has 0 saturated heterocycles. The Morgan fingerprint density at radius 1 is 0.550 bits per heavy atom. The van der Waals surface area contributed by atoms with Crippen molar-refractivity contribution in [2.75, 3.05) is 13.1 Å². The van der Waals surface area contributed by atoms with Crippen LogP contribution in [0.25, 0.3) is 0 Å². The molecule has 0 bridgehead atoms. The second kappa shape index (κ2) is 14.0. The lowest BCUT2D eigenvalue weighted by Gasteiger charge is -2.03. The van der Waals surface area contributed by atoms with E-state index < -0.39 is 12.2 Å². The first-order chi connectivity index (χ1) is 9.63. The van der Waals surface area contributed by atoms with Crippen LogP contribution in [0.4, 0.5) is 9.59 Å². The van der Waals surface area contributed by atoms with Gasteiger partial charge < -0.3 is 20.8 Å². The maximum absolute atomic E-state index is 10.2. The second-order valence-corrected chi connectivity index (χ2v) is 5.00. The Labute approximate surface area is 120 Å². The Hall–Kier alpha value is -1.46. The molecule has 6 heteroatoms. The van der Waals surface area contributed by atoms with Crippen molar-refractivity contribution in [3.8, 4) is 0 Å². The average Bonchev–Trinajstić information content (AvgIpc) is 2.38. The highest BCUT2D eigenvalue weighted by atomic mass is 16.4. The van der Waals surface area contributed by atoms with Gasteiger partial charge in [0.05, 0.1) is 0 Å². The number of carboxylic acid groups (broad SMARTS) is 2. The van der Waals surface area contributed by atoms with Crippen LogP contribution in [0.15, 0.2) is 0 Å². The number of hydrogen-bond donors (Lipinski definition) is 4. The molecule has 0 rings (SSSR count). The van der Waals surface area contributed by atoms with Crippen molar-refractivity contribution in [1.29, 1.82) is 0 Å². The summed E-state index contributed by atoms with van der Waals surface area (Å²) in [6, 6.07) is 0. The highest BCUT2D eigenvalue weighted by molar-refractivity contribution is 5.64. The summed E-state index contributed by atoms with van der Waals surface area (Å²) in [7, 11) is 0. The van der Waals surface area contributed by atoms with E-state index in [0.29, 0.717) is 13.1 Å². The summed E-state index contributed by atoms with van der Waals surface area (Å²) in [5.41, 5.74) is 0. The number of unbranched alkanes of at least 4 members (excludes halogenated alkanes) is 9. The molecule has 0 aromatic rings. The van der Waals surface area contributed by atoms with Gasteiger partial charge in [-0.2, -0.15) is 0 Å². The first-order valence-corrected chi connectivity index (χ1v) is 7.56. The fraction of sp³-hybridized carbons (Fsp3) is 0.857. The summed E-state index contributed by atoms with van der Waals surface area (Å²) in [5, 5.41) is 21.5. The van der Waals surface area contributed by atoms with Gasteiger partial charge in [0.1, 0.15) is 0 Å². The molecule has 4 N–H and O–H groups in total. The molecule has 6 nitrogen and oxygen atoms in total. The van der Waals surface area contributed by atoms with Gasteiger partial charge in [0.25, 0.3) is 0 Å². The molecule has 0 unspecified atom stereocenters. The quantitative estimate of drug-likeness (QED) is 0.390. The van der Waals surface area contributed by atoms with Crippen LogP contribution in [0.2, 0.25) is 0 Å². The van der Waals surface area contributed by atoms with Crippen LogP contribution in [0, 0.1) is 0 Å². The number of rotatable bonds is 13. The Morgan fingerprint density at radius 2 is 0.800 bits per heavy atom. The molecule has 2 amide bonds. The van der Waals surface area contributed by atoms with E-state index in [0.717, 1.165) is 25.7 Å². The van der Waals surface area contributed by atoms with Crippen molar-refractivity contribution < 1.29 is 19.8 Å². The maximum Gasteiger partial charge on any atom is 0.404 e. The molecule has 0 aliphatic heterocycles. The van der Waals surface area contributed by atoms with Gasteiger partial charge in [-0.25, -0.2) is 9.59 Å². The van der Waals surface area contributed by atoms with E-state index in [1.807, 2.05) is 0 Å². The minimum atomic E-state index is -0.941. The van der Waals surface area contributed by atoms with Gasteiger partial charge in [-0.1, -0.05) is 51.4 Å². The lowest BCUT2D eigenvalue weighted by Crippen LogP contribution is -2.21. The summed E-state index contributed by atoms with van der Waals surface area (Å²) in [4.78, 5) is 20.4. The third-order valence-electron chi connectivity index (χ3n) is 3.16. The van der Waals surface area contributed by atoms with Crippen molar-refractivity contribution in [2.45, 2.75) is 64.2 Å². The van der Waals surface area contributed by atoms with Gasteiger partial charge in [-0.15, -0.1) is 0 Å². The van der Waals surface area contributed by atoms with Crippen LogP contribution in [-0.4, -0.2) is 35.5 Å². The molecule has 0 heterocycles. The SMILES string of the molecule is O=C(O)NCCCCCCCCCCCCNC(=O)O. The predicted molar refractivity (Wildman–Crippen MR) is 78.2 cm³/mol. The van der Waals surface area contributed by atoms with Crippen molar-refractivity contribution in [1.82, 2.24) is 10.6 Å². The van der Waals surface area contributed by atoms with Crippen LogP contribution >= 0.6 is 0 Å². The summed E-state index contributed by atoms with van der Waals surface area (Å²) in [6.45, 7) is 1.11. The Balaban J connectivity index is 2.99. The normalized spacial score (nSPS) is 10.2. The summed E-state index contributed by atoms with van der Waals surface area (Å²) in [5.74, 6) is 0. The molecule has 0 aromatic heterocycles. The van der Waals surface area contributed by atoms with Crippen LogP contribution in [0.1, 0.15) is 64.2 Å². The monoisotopic (exact) mass is 288 g/mol. The Bertz CT molecular complexity index is 234. The van der Waals surface area contributed by atoms with E-state index in [1.54, 1.807) is 0 Å². The van der Waals surface area contributed by atoms with E-state index in [9.17, 15) is 9.59 Å². The van der Waals surface area contributed by atoms with E-state index in [-0.39, 0.29) is 0 Å². The van der Waals surface area contributed by atoms with Gasteiger partial charge in [0.15, 0.2) is 0 Å². The molecule has 0 aliphatic carbocycles. The van der Waals surface area contributed by atoms with Crippen molar-refractivity contribution >= 4 is 12.2 Å². The lowest BCUT2D eigenvalue weighted by atomic mass is 10.1. The molecule has 0 atom stereocenters. The first-order valence-electron chi connectivity index (χ1n) is 7.56. The van der Waals surface area contributed by atoms with Crippen molar-refractivity contribution in [2.24, 2.45) is 0 Å². The van der Waals surface area contributed by atoms with Crippen molar-refractivity contribution in [3.05, 3.63) is 0 Å². The third-order valence-corrected chi connectivity index (χ3v) is 3.16. The second-order valence-electron chi connectivity index (χ2n) is 5.00. The number of carbonyl (C=O) groups is 2. The van der Waals surface area contributed by atoms with Crippen LogP contribution in [-0.2, 0) is 0 Å². The number of amides is 2. The molecule has 0 radical (unpaired) electrons. The van der Waals surface area contributed by atoms with E-state index in [4.69, 9.17) is 10.2 Å². The maximum atomic E-state index is 10.2. The van der Waals surface area contributed by atoms with E-state index in [1.165, 1.54) is 38.5 Å². The standard InChI is InChI=1S/C14H28N2O4/c17-13(18)15-11-9-7-5-3-1-2-4-6-8-10-12-16-14(19)20/h15-16H,1-12H2,(H,17,18)(H,19,20). The van der Waals surface area contributed by atoms with Gasteiger partial charge in [0, 0.05) is 13.1 Å². The molecular formula is C14H28N2O4. The smallest absolute Gasteiger partial charge is 0.404 e. The summed E-state index contributed by atoms with van der Waals surface area (Å²) < 4.78 is 0. The first kappa shape index (κ1) is 18.5. The molecule has 0 saturated carbocycles. The number of hydrogen-bond acceptors (Lipinski definition) is 2. The van der Waals surface area contributed by atoms with Gasteiger partial charge in [-0.3, -0.25) is 0 Å². The van der Waals surface area contributed by atoms with Crippen LogP contribution in [0.3, 0.4) is 0 Å². The molecule has 0 aliphatic rings. The Morgan fingerprint density at radius 3 is 1.05 bits per heavy atom. The van der Waals surface area contributed by atoms with Gasteiger partial charge in [-0.05, 0) is 12.8 Å². The molecule has 0 fully saturated rings. The zero-order chi connectivity index (χ0) is 15.1. The minimum Gasteiger partial charge on any atom is -0.465 e. The minimum absolute atomic E-state index is 0.555. The average molecular weight is 288 g/mol. The molecule has 0 aromatic carbocycles. The highest BCUT2D eigenvalue weighted by Crippen LogP contribution is 2.10. The summed E-state index contributed by atoms with van der Waals surface area (Å²) in [6.07, 6.45) is 9.37. The van der Waals surface area contributed by atoms with Crippen molar-refractivity contribution in [3.63, 3.8) is 0 Å². The molecule has 118 valence electrons. The fourth-order valence-electron chi connectivity index (χ4n) is 2.05. The lowest BCUT2D eigenvalue weighted by molar-refractivity contribution is 0.193. The molecule has 20 heavy (non-hydrogen) atoms. The Kier molecular flexibility index (Phi) is 12.9. The van der Waals surface area contributed by atoms with Crippen LogP contribution < -0.4 is 10.6 Å². The van der Waals surface area contributed by atoms with E-state index >= 15 is 0 Å². The van der Waals surface area contributed by atoms with E-state index in [2.05, 4.69) is 10.6 Å². The largest absolute Gasteiger partial charge is 0.465 e. The highest BCUT2D eigenvalue weighted by Gasteiger charge is 1.96. The van der Waals surface area contributed by atoms with Gasteiger partial charge >= 0.3 is 12.2 Å². The molecular weight excluding hydrogens is 260 g/mol. The summed E-state index contributed by atoms with van der Waals surface area (Å²) >= 11 is 0. The molecule has 0 spiro atoms. The van der Waals surface area contributed by atoms with Crippen LogP contribution in [0.5, 0.6) is 0 Å². The zero-order valence-electron chi connectivity index (χ0n) is 12.2. The predicted octanol–water partition coefficient (Wildman–Crippen LogP) is 3.42. The number of nitrogens with one attached hydrogen (secondary N) is 2. The third kappa shape index (κ3) is 16.5. The zero-order valence-corrected chi connectivity index (χ0v) is 12.2. The van der Waals surface area contributed by atoms with Gasteiger partial charge in [0.2, 0.25) is 0 Å². The fourth-order valence-corrected chi connectivity index (χ4v) is 2.05. The topological polar surface area (TPSA) is 98.7 Å².